The van der Waals surface area contributed by atoms with E-state index in [0.717, 1.165) is 154 Å². The van der Waals surface area contributed by atoms with Crippen LogP contribution in [0.3, 0.4) is 0 Å². The van der Waals surface area contributed by atoms with Gasteiger partial charge in [-0.15, -0.1) is 0 Å². The fraction of sp³-hybridized carbons (Fsp3) is 0.304. The Kier molecular flexibility index (Phi) is 25.2. The molecule has 0 fully saturated rings. The van der Waals surface area contributed by atoms with Crippen LogP contribution in [-0.4, -0.2) is 50.1 Å². The average Bonchev–Trinajstić information content (AvgIpc) is 0.761. The molecule has 0 N–H and O–H groups in total. The van der Waals surface area contributed by atoms with Crippen molar-refractivity contribution < 1.29 is 23.7 Å². The number of aryl methyl sites for hydroxylation is 15. The van der Waals surface area contributed by atoms with E-state index in [1.807, 2.05) is 87.8 Å². The summed E-state index contributed by atoms with van der Waals surface area (Å²) in [6.45, 7) is 65.4. The van der Waals surface area contributed by atoms with Crippen LogP contribution in [0.2, 0.25) is 0 Å². The fourth-order valence-corrected chi connectivity index (χ4v) is 18.1. The van der Waals surface area contributed by atoms with Crippen LogP contribution in [0.4, 0.5) is 86.0 Å². The largest absolute Gasteiger partial charge is 0.451 e. The highest BCUT2D eigenvalue weighted by Gasteiger charge is 2.38. The summed E-state index contributed by atoms with van der Waals surface area (Å²) in [5.74, 6) is 11.4. The minimum absolute atomic E-state index is 0.0997. The highest BCUT2D eigenvalue weighted by molar-refractivity contribution is 5.92. The molecule has 0 radical (unpaired) electrons. The Morgan fingerprint density at radius 1 is 0.230 bits per heavy atom. The molecule has 135 heavy (non-hydrogen) atoms. The van der Waals surface area contributed by atoms with Crippen LogP contribution in [0.25, 0.3) is 0 Å². The van der Waals surface area contributed by atoms with Gasteiger partial charge >= 0.3 is 0 Å². The van der Waals surface area contributed by atoms with E-state index in [1.165, 1.54) is 89.1 Å². The molecule has 0 saturated carbocycles. The van der Waals surface area contributed by atoms with E-state index >= 15 is 0 Å². The van der Waals surface area contributed by atoms with Crippen LogP contribution >= 0.6 is 0 Å². The number of pyridine rings is 6. The highest BCUT2D eigenvalue weighted by atomic mass is 16.5. The van der Waals surface area contributed by atoms with Gasteiger partial charge in [-0.25, -0.2) is 34.9 Å². The predicted molar refractivity (Wildman–Crippen MR) is 549 cm³/mol. The van der Waals surface area contributed by atoms with Gasteiger partial charge in [0.25, 0.3) is 0 Å². The molecule has 8 aromatic heterocycles. The summed E-state index contributed by atoms with van der Waals surface area (Å²) in [7, 11) is 0. The van der Waals surface area contributed by atoms with Gasteiger partial charge in [-0.05, 0) is 310 Å². The van der Waals surface area contributed by atoms with Crippen molar-refractivity contribution in [2.45, 2.75) is 235 Å². The SMILES string of the molecule is Cc1cc2c(cn1)N(c1c(C)cc(C(C)(C)C)cc1C)c1ncccc1O2.Cc1ccc2c(c1)Oc1cncnc1N2c1c(C)cc(C(C)(C)C)cc1C.Cc1ccc2c(c1)Oc1cnncc1N2c1c(C)cc(C(C)(C)C)cc1C.Cc1ccc2c(n1)Oc1cccnc1N2c1c(C)cc(C(C)(C)C)cc1C.Cc1cnc2c(c1)Oc1cccnc1N2c1c(C)cc(C(C)(C)C)cc1C. The van der Waals surface area contributed by atoms with Crippen LogP contribution in [-0.2, 0) is 27.1 Å². The lowest BCUT2D eigenvalue weighted by Crippen LogP contribution is -2.21. The van der Waals surface area contributed by atoms with Crippen LogP contribution in [0, 0.1) is 104 Å². The number of anilines is 15. The van der Waals surface area contributed by atoms with Crippen LogP contribution in [0.1, 0.15) is 215 Å². The number of rotatable bonds is 5. The molecule has 15 aromatic rings. The number of ether oxygens (including phenoxy) is 5. The number of hydrogen-bond donors (Lipinski definition) is 0. The summed E-state index contributed by atoms with van der Waals surface area (Å²) in [5, 5.41) is 8.12. The third-order valence-corrected chi connectivity index (χ3v) is 25.0. The molecule has 20 nitrogen and oxygen atoms in total. The van der Waals surface area contributed by atoms with Crippen molar-refractivity contribution in [3.63, 3.8) is 0 Å². The zero-order chi connectivity index (χ0) is 96.7. The first-order valence-electron chi connectivity index (χ1n) is 46.3. The third kappa shape index (κ3) is 18.9. The number of hydrogen-bond acceptors (Lipinski definition) is 20. The predicted octanol–water partition coefficient (Wildman–Crippen LogP) is 31.4. The smallest absolute Gasteiger partial charge is 0.244 e. The highest BCUT2D eigenvalue weighted by Crippen LogP contribution is 2.58. The Balaban J connectivity index is 0.000000123. The molecule has 0 atom stereocenters. The summed E-state index contributed by atoms with van der Waals surface area (Å²) in [6, 6.07) is 55.0. The Bertz CT molecular complexity index is 6030. The van der Waals surface area contributed by atoms with Gasteiger partial charge in [-0.3, -0.25) is 24.6 Å². The van der Waals surface area contributed by atoms with Gasteiger partial charge in [0.1, 0.15) is 23.4 Å². The monoisotopic (exact) mass is 1800 g/mol. The van der Waals surface area contributed by atoms with E-state index in [1.54, 1.807) is 43.5 Å². The maximum absolute atomic E-state index is 6.12. The van der Waals surface area contributed by atoms with Gasteiger partial charge in [0.05, 0.1) is 64.6 Å². The first kappa shape index (κ1) is 93.8. The maximum Gasteiger partial charge on any atom is 0.244 e. The Labute approximate surface area is 797 Å². The van der Waals surface area contributed by atoms with Gasteiger partial charge in [0.15, 0.2) is 80.8 Å². The van der Waals surface area contributed by atoms with Gasteiger partial charge in [-0.2, -0.15) is 10.2 Å². The van der Waals surface area contributed by atoms with E-state index in [0.29, 0.717) is 11.6 Å². The van der Waals surface area contributed by atoms with E-state index in [-0.39, 0.29) is 27.1 Å². The number of aromatic nitrogens is 10. The molecule has 20 rings (SSSR count). The van der Waals surface area contributed by atoms with E-state index < -0.39 is 0 Å². The first-order valence-corrected chi connectivity index (χ1v) is 46.3. The quantitative estimate of drug-likeness (QED) is 0.158. The normalized spacial score (nSPS) is 13.0. The summed E-state index contributed by atoms with van der Waals surface area (Å²) in [5.41, 5.74) is 35.1. The fourth-order valence-electron chi connectivity index (χ4n) is 18.1. The van der Waals surface area contributed by atoms with Crippen LogP contribution in [0.15, 0.2) is 214 Å². The summed E-state index contributed by atoms with van der Waals surface area (Å²) >= 11 is 0. The zero-order valence-electron chi connectivity index (χ0n) is 84.0. The van der Waals surface area contributed by atoms with Crippen molar-refractivity contribution in [1.82, 2.24) is 50.1 Å². The minimum atomic E-state index is 0.0997. The molecule has 0 amide bonds. The standard InChI is InChI=1S/5C23H25N3O/c1-14-7-8-18-20(9-14)27-21-13-25-24-12-19(21)26(18)22-15(2)10-17(11-16(22)3)23(4,5)6;1-14-7-8-18-19(9-14)27-20-12-24-13-25-22(20)26(18)21-15(2)10-17(11-16(21)3)23(4,5)6;1-14-12-17(23(4,5)6)13-15(2)20(14)26-18-10-9-16(3)25-22(18)27-19-8-7-11-24-21(19)26;1-14-10-17(23(4,5)6)11-15(2)21(14)26-18-13-25-16(3)12-20(18)27-19-8-7-9-24-22(19)26;1-14-10-19-22(25-13-14)26(21-18(27-19)8-7-9-24-21)20-15(2)11-17(12-16(20)3)23(4,5)6/h5*7-13H,1-6H3. The molecule has 690 valence electrons. The number of nitrogens with zero attached hydrogens (tertiary/aromatic N) is 15. The average molecular weight is 1800 g/mol. The molecular formula is C115H125N15O5. The van der Waals surface area contributed by atoms with Crippen molar-refractivity contribution in [3.8, 4) is 57.6 Å². The molecule has 0 spiro atoms. The molecule has 0 bridgehead atoms. The number of benzene rings is 7. The summed E-state index contributed by atoms with van der Waals surface area (Å²) in [6.07, 6.45) is 15.9. The second kappa shape index (κ2) is 36.2. The van der Waals surface area contributed by atoms with Gasteiger partial charge in [0, 0.05) is 42.2 Å². The van der Waals surface area contributed by atoms with Gasteiger partial charge < -0.3 is 28.6 Å². The lowest BCUT2D eigenvalue weighted by molar-refractivity contribution is 0.453. The Hall–Kier alpha value is -14.4. The Morgan fingerprint density at radius 2 is 0.563 bits per heavy atom. The molecule has 5 aliphatic rings. The van der Waals surface area contributed by atoms with E-state index in [9.17, 15) is 0 Å². The van der Waals surface area contributed by atoms with Crippen LogP contribution in [0.5, 0.6) is 57.6 Å². The van der Waals surface area contributed by atoms with Gasteiger partial charge in [0.2, 0.25) is 5.88 Å². The van der Waals surface area contributed by atoms with Crippen molar-refractivity contribution >= 4 is 86.0 Å². The second-order valence-corrected chi connectivity index (χ2v) is 41.5. The topological polar surface area (TPSA) is 191 Å². The van der Waals surface area contributed by atoms with Crippen molar-refractivity contribution in [2.75, 3.05) is 24.5 Å². The lowest BCUT2D eigenvalue weighted by Gasteiger charge is -2.35. The molecule has 20 heteroatoms. The molecule has 0 saturated heterocycles. The first-order chi connectivity index (χ1) is 63.8. The van der Waals surface area contributed by atoms with E-state index in [4.69, 9.17) is 23.7 Å². The van der Waals surface area contributed by atoms with Crippen molar-refractivity contribution in [1.29, 1.82) is 0 Å². The Morgan fingerprint density at radius 3 is 1.01 bits per heavy atom. The van der Waals surface area contributed by atoms with Gasteiger partial charge in [-0.1, -0.05) is 177 Å². The molecule has 0 unspecified atom stereocenters. The third-order valence-electron chi connectivity index (χ3n) is 25.0. The van der Waals surface area contributed by atoms with E-state index in [2.05, 4.69) is 365 Å². The molecular weight excluding hydrogens is 1670 g/mol. The lowest BCUT2D eigenvalue weighted by atomic mass is 9.84. The number of fused-ring (bicyclic) bond motifs is 10. The van der Waals surface area contributed by atoms with Crippen molar-refractivity contribution in [3.05, 3.63) is 325 Å². The molecule has 0 aliphatic carbocycles. The molecule has 5 aliphatic heterocycles. The second-order valence-electron chi connectivity index (χ2n) is 41.5. The molecule has 13 heterocycles. The van der Waals surface area contributed by atoms with Crippen LogP contribution < -0.4 is 48.2 Å². The maximum atomic E-state index is 6.12. The molecule has 7 aromatic carbocycles. The zero-order valence-corrected chi connectivity index (χ0v) is 84.0. The summed E-state index contributed by atoms with van der Waals surface area (Å²) < 4.78 is 30.5. The minimum Gasteiger partial charge on any atom is -0.451 e. The van der Waals surface area contributed by atoms with Crippen molar-refractivity contribution in [2.24, 2.45) is 0 Å². The summed E-state index contributed by atoms with van der Waals surface area (Å²) in [4.78, 5) is 47.3.